The quantitative estimate of drug-likeness (QED) is 0.770. The minimum atomic E-state index is -0.839. The number of halogens is 1. The fourth-order valence-electron chi connectivity index (χ4n) is 1.41. The molecule has 104 valence electrons. The maximum Gasteiger partial charge on any atom is 0.254 e. The van der Waals surface area contributed by atoms with E-state index in [2.05, 4.69) is 10.6 Å². The van der Waals surface area contributed by atoms with E-state index in [-0.39, 0.29) is 23.8 Å². The lowest BCUT2D eigenvalue weighted by Gasteiger charge is -2.20. The van der Waals surface area contributed by atoms with Gasteiger partial charge in [-0.1, -0.05) is 0 Å². The Morgan fingerprint density at radius 3 is 2.47 bits per heavy atom. The van der Waals surface area contributed by atoms with Crippen molar-refractivity contribution in [1.29, 1.82) is 0 Å². The predicted octanol–water partition coefficient (Wildman–Crippen LogP) is 1.18. The predicted molar refractivity (Wildman–Crippen MR) is 68.3 cm³/mol. The van der Waals surface area contributed by atoms with Crippen molar-refractivity contribution >= 4 is 11.8 Å². The van der Waals surface area contributed by atoms with Gasteiger partial charge in [-0.25, -0.2) is 4.39 Å². The zero-order chi connectivity index (χ0) is 14.6. The minimum Gasteiger partial charge on any atom is -0.508 e. The average molecular weight is 268 g/mol. The van der Waals surface area contributed by atoms with Gasteiger partial charge in [0.1, 0.15) is 11.6 Å². The van der Waals surface area contributed by atoms with Gasteiger partial charge in [0.2, 0.25) is 5.91 Å². The lowest BCUT2D eigenvalue weighted by molar-refractivity contribution is -0.121. The van der Waals surface area contributed by atoms with Crippen molar-refractivity contribution in [3.8, 4) is 5.75 Å². The van der Waals surface area contributed by atoms with Crippen molar-refractivity contribution in [1.82, 2.24) is 10.6 Å². The van der Waals surface area contributed by atoms with Crippen molar-refractivity contribution in [2.24, 2.45) is 0 Å². The van der Waals surface area contributed by atoms with Gasteiger partial charge in [0.05, 0.1) is 12.1 Å². The monoisotopic (exact) mass is 268 g/mol. The molecule has 0 fully saturated rings. The van der Waals surface area contributed by atoms with Crippen LogP contribution in [0, 0.1) is 5.82 Å². The first-order valence-electron chi connectivity index (χ1n) is 5.77. The first kappa shape index (κ1) is 14.9. The number of phenols is 1. The Bertz CT molecular complexity index is 495. The molecule has 19 heavy (non-hydrogen) atoms. The van der Waals surface area contributed by atoms with Crippen LogP contribution >= 0.6 is 0 Å². The third kappa shape index (κ3) is 4.95. The highest BCUT2D eigenvalue weighted by atomic mass is 19.1. The van der Waals surface area contributed by atoms with Crippen LogP contribution in [-0.4, -0.2) is 29.0 Å². The van der Waals surface area contributed by atoms with Crippen molar-refractivity contribution in [2.75, 3.05) is 6.54 Å². The lowest BCUT2D eigenvalue weighted by Crippen LogP contribution is -2.45. The van der Waals surface area contributed by atoms with Crippen molar-refractivity contribution in [3.05, 3.63) is 29.6 Å². The lowest BCUT2D eigenvalue weighted by atomic mass is 10.1. The van der Waals surface area contributed by atoms with E-state index in [1.54, 1.807) is 0 Å². The molecule has 0 aliphatic heterocycles. The largest absolute Gasteiger partial charge is 0.508 e. The number of phenolic OH excluding ortho intramolecular Hbond substituents is 1. The summed E-state index contributed by atoms with van der Waals surface area (Å²) in [5.41, 5.74) is -0.618. The van der Waals surface area contributed by atoms with Crippen LogP contribution in [0.4, 0.5) is 4.39 Å². The third-order valence-electron chi connectivity index (χ3n) is 2.12. The van der Waals surface area contributed by atoms with Gasteiger partial charge in [-0.05, 0) is 32.9 Å². The molecule has 0 unspecified atom stereocenters. The van der Waals surface area contributed by atoms with Crippen LogP contribution in [0.5, 0.6) is 5.75 Å². The Morgan fingerprint density at radius 1 is 1.32 bits per heavy atom. The molecule has 2 amide bonds. The molecule has 0 aromatic heterocycles. The average Bonchev–Trinajstić information content (AvgIpc) is 2.23. The fourth-order valence-corrected chi connectivity index (χ4v) is 1.41. The molecular formula is C13H17FN2O3. The number of rotatable bonds is 3. The molecular weight excluding hydrogens is 251 g/mol. The summed E-state index contributed by atoms with van der Waals surface area (Å²) in [5.74, 6) is -2.17. The molecule has 6 heteroatoms. The molecule has 0 spiro atoms. The Kier molecular flexibility index (Phi) is 4.47. The second-order valence-corrected chi connectivity index (χ2v) is 5.15. The molecule has 5 nitrogen and oxygen atoms in total. The first-order valence-corrected chi connectivity index (χ1v) is 5.77. The van der Waals surface area contributed by atoms with Gasteiger partial charge in [0.25, 0.3) is 5.91 Å². The highest BCUT2D eigenvalue weighted by Gasteiger charge is 2.16. The SMILES string of the molecule is CC(C)(C)NC(=O)CNC(=O)c1ccc(O)cc1F. The van der Waals surface area contributed by atoms with Gasteiger partial charge in [0, 0.05) is 11.6 Å². The molecule has 1 rings (SSSR count). The molecule has 3 N–H and O–H groups in total. The van der Waals surface area contributed by atoms with Gasteiger partial charge in [0.15, 0.2) is 0 Å². The summed E-state index contributed by atoms with van der Waals surface area (Å²) in [7, 11) is 0. The zero-order valence-corrected chi connectivity index (χ0v) is 11.1. The van der Waals surface area contributed by atoms with Gasteiger partial charge in [-0.2, -0.15) is 0 Å². The highest BCUT2D eigenvalue weighted by Crippen LogP contribution is 2.14. The van der Waals surface area contributed by atoms with Crippen molar-refractivity contribution in [3.63, 3.8) is 0 Å². The summed E-state index contributed by atoms with van der Waals surface area (Å²) in [6, 6.07) is 3.19. The highest BCUT2D eigenvalue weighted by molar-refractivity contribution is 5.96. The normalized spacial score (nSPS) is 10.9. The first-order chi connectivity index (χ1) is 8.69. The summed E-state index contributed by atoms with van der Waals surface area (Å²) < 4.78 is 13.4. The molecule has 1 aromatic carbocycles. The van der Waals surface area contributed by atoms with E-state index >= 15 is 0 Å². The molecule has 0 saturated carbocycles. The van der Waals surface area contributed by atoms with E-state index in [1.807, 2.05) is 20.8 Å². The maximum atomic E-state index is 13.4. The van der Waals surface area contributed by atoms with Gasteiger partial charge in [-0.15, -0.1) is 0 Å². The van der Waals surface area contributed by atoms with Crippen LogP contribution in [0.2, 0.25) is 0 Å². The number of nitrogens with one attached hydrogen (secondary N) is 2. The Morgan fingerprint density at radius 2 is 1.95 bits per heavy atom. The van der Waals surface area contributed by atoms with E-state index in [0.717, 1.165) is 12.1 Å². The Hall–Kier alpha value is -2.11. The summed E-state index contributed by atoms with van der Waals surface area (Å²) in [5, 5.41) is 14.0. The van der Waals surface area contributed by atoms with Gasteiger partial charge < -0.3 is 15.7 Å². The standard InChI is InChI=1S/C13H17FN2O3/c1-13(2,3)16-11(18)7-15-12(19)9-5-4-8(17)6-10(9)14/h4-6,17H,7H2,1-3H3,(H,15,19)(H,16,18). The molecule has 0 aliphatic carbocycles. The molecule has 0 bridgehead atoms. The van der Waals surface area contributed by atoms with Crippen LogP contribution < -0.4 is 10.6 Å². The Labute approximate surface area is 110 Å². The number of amides is 2. The number of hydrogen-bond donors (Lipinski definition) is 3. The second kappa shape index (κ2) is 5.69. The van der Waals surface area contributed by atoms with Crippen LogP contribution in [0.15, 0.2) is 18.2 Å². The van der Waals surface area contributed by atoms with Crippen LogP contribution in [-0.2, 0) is 4.79 Å². The van der Waals surface area contributed by atoms with E-state index in [0.29, 0.717) is 0 Å². The smallest absolute Gasteiger partial charge is 0.254 e. The minimum absolute atomic E-state index is 0.221. The molecule has 1 aromatic rings. The topological polar surface area (TPSA) is 78.4 Å². The molecule has 0 atom stereocenters. The molecule has 0 saturated heterocycles. The number of aromatic hydroxyl groups is 1. The summed E-state index contributed by atoms with van der Waals surface area (Å²) >= 11 is 0. The summed E-state index contributed by atoms with van der Waals surface area (Å²) in [4.78, 5) is 23.1. The van der Waals surface area contributed by atoms with Crippen LogP contribution in [0.1, 0.15) is 31.1 Å². The van der Waals surface area contributed by atoms with Crippen LogP contribution in [0.3, 0.4) is 0 Å². The number of benzene rings is 1. The Balaban J connectivity index is 2.59. The second-order valence-electron chi connectivity index (χ2n) is 5.15. The number of carbonyl (C=O) groups is 2. The van der Waals surface area contributed by atoms with Gasteiger partial charge >= 0.3 is 0 Å². The summed E-state index contributed by atoms with van der Waals surface area (Å²) in [6.45, 7) is 5.20. The number of carbonyl (C=O) groups excluding carboxylic acids is 2. The molecule has 0 heterocycles. The van der Waals surface area contributed by atoms with E-state index in [9.17, 15) is 14.0 Å². The van der Waals surface area contributed by atoms with E-state index < -0.39 is 17.3 Å². The molecule has 0 radical (unpaired) electrons. The molecule has 0 aliphatic rings. The van der Waals surface area contributed by atoms with Crippen molar-refractivity contribution in [2.45, 2.75) is 26.3 Å². The zero-order valence-electron chi connectivity index (χ0n) is 11.1. The van der Waals surface area contributed by atoms with E-state index in [1.165, 1.54) is 6.07 Å². The maximum absolute atomic E-state index is 13.4. The fraction of sp³-hybridized carbons (Fsp3) is 0.385. The van der Waals surface area contributed by atoms with Gasteiger partial charge in [-0.3, -0.25) is 9.59 Å². The van der Waals surface area contributed by atoms with Crippen molar-refractivity contribution < 1.29 is 19.1 Å². The third-order valence-corrected chi connectivity index (χ3v) is 2.12. The van der Waals surface area contributed by atoms with E-state index in [4.69, 9.17) is 5.11 Å². The van der Waals surface area contributed by atoms with Crippen LogP contribution in [0.25, 0.3) is 0 Å². The summed E-state index contributed by atoms with van der Waals surface area (Å²) in [6.07, 6.45) is 0. The number of hydrogen-bond acceptors (Lipinski definition) is 3.